The Labute approximate surface area is 121 Å². The fraction of sp³-hybridized carbons (Fsp3) is 0. The lowest BCUT2D eigenvalue weighted by atomic mass is 10.0. The maximum Gasteiger partial charge on any atom is 0.196 e. The quantitative estimate of drug-likeness (QED) is 0.666. The molecule has 0 bridgehead atoms. The van der Waals surface area contributed by atoms with Gasteiger partial charge >= 0.3 is 0 Å². The highest BCUT2D eigenvalue weighted by Crippen LogP contribution is 2.24. The smallest absolute Gasteiger partial charge is 0.196 e. The van der Waals surface area contributed by atoms with Crippen molar-refractivity contribution in [2.24, 2.45) is 0 Å². The predicted octanol–water partition coefficient (Wildman–Crippen LogP) is 4.23. The minimum absolute atomic E-state index is 0. The van der Waals surface area contributed by atoms with Crippen LogP contribution in [0.1, 0.15) is 15.9 Å². The number of ketones is 1. The molecule has 0 aliphatic rings. The van der Waals surface area contributed by atoms with Gasteiger partial charge in [-0.2, -0.15) is 0 Å². The zero-order chi connectivity index (χ0) is 12.4. The number of anilines is 1. The Bertz CT molecular complexity index is 584. The van der Waals surface area contributed by atoms with Crippen LogP contribution in [0.3, 0.4) is 0 Å². The van der Waals surface area contributed by atoms with Gasteiger partial charge in [-0.05, 0) is 30.3 Å². The minimum atomic E-state index is -0.226. The lowest BCUT2D eigenvalue weighted by Gasteiger charge is -2.06. The monoisotopic (exact) mass is 301 g/mol. The fourth-order valence-electron chi connectivity index (χ4n) is 1.52. The van der Waals surface area contributed by atoms with Crippen molar-refractivity contribution in [2.75, 3.05) is 5.73 Å². The van der Waals surface area contributed by atoms with Gasteiger partial charge in [-0.1, -0.05) is 35.3 Å². The molecule has 0 fully saturated rings. The van der Waals surface area contributed by atoms with Crippen LogP contribution in [-0.2, 0) is 0 Å². The first kappa shape index (κ1) is 14.8. The fourth-order valence-corrected chi connectivity index (χ4v) is 1.91. The van der Waals surface area contributed by atoms with E-state index >= 15 is 0 Å². The van der Waals surface area contributed by atoms with Crippen molar-refractivity contribution in [1.82, 2.24) is 0 Å². The molecule has 0 spiro atoms. The number of rotatable bonds is 2. The first-order valence-electron chi connectivity index (χ1n) is 4.94. The Kier molecular flexibility index (Phi) is 5.03. The minimum Gasteiger partial charge on any atom is -0.398 e. The van der Waals surface area contributed by atoms with E-state index in [1.165, 1.54) is 0 Å². The van der Waals surface area contributed by atoms with Crippen LogP contribution in [0.5, 0.6) is 0 Å². The number of nitrogens with two attached hydrogens (primary N) is 1. The summed E-state index contributed by atoms with van der Waals surface area (Å²) in [6, 6.07) is 11.6. The lowest BCUT2D eigenvalue weighted by molar-refractivity contribution is 0.103. The molecule has 18 heavy (non-hydrogen) atoms. The molecule has 2 aromatic rings. The number of carbonyl (C=O) groups excluding carboxylic acids is 1. The number of nitrogen functional groups attached to an aromatic ring is 1. The molecule has 0 unspecified atom stereocenters. The van der Waals surface area contributed by atoms with E-state index in [2.05, 4.69) is 0 Å². The third-order valence-corrected chi connectivity index (χ3v) is 2.94. The Morgan fingerprint density at radius 3 is 2.33 bits per heavy atom. The molecule has 94 valence electrons. The van der Waals surface area contributed by atoms with Gasteiger partial charge in [-0.25, -0.2) is 0 Å². The van der Waals surface area contributed by atoms with Gasteiger partial charge in [0.2, 0.25) is 0 Å². The summed E-state index contributed by atoms with van der Waals surface area (Å²) in [6.07, 6.45) is 0. The SMILES string of the molecule is Cl.Nc1ccc(Cl)cc1C(=O)c1ccccc1Cl. The number of halogens is 3. The van der Waals surface area contributed by atoms with E-state index in [1.807, 2.05) is 0 Å². The van der Waals surface area contributed by atoms with E-state index in [0.717, 1.165) is 0 Å². The van der Waals surface area contributed by atoms with Crippen molar-refractivity contribution in [3.8, 4) is 0 Å². The molecule has 2 aromatic carbocycles. The van der Waals surface area contributed by atoms with Crippen LogP contribution in [0.4, 0.5) is 5.69 Å². The number of carbonyl (C=O) groups is 1. The molecule has 2 nitrogen and oxygen atoms in total. The summed E-state index contributed by atoms with van der Waals surface area (Å²) in [4.78, 5) is 12.2. The molecule has 0 aliphatic heterocycles. The second kappa shape index (κ2) is 6.10. The summed E-state index contributed by atoms with van der Waals surface area (Å²) in [5.41, 5.74) is 6.93. The second-order valence-electron chi connectivity index (χ2n) is 3.54. The summed E-state index contributed by atoms with van der Waals surface area (Å²) in [7, 11) is 0. The predicted molar refractivity (Wildman–Crippen MR) is 78.0 cm³/mol. The molecule has 0 saturated carbocycles. The molecular weight excluding hydrogens is 293 g/mol. The van der Waals surface area contributed by atoms with Gasteiger partial charge in [-0.3, -0.25) is 4.79 Å². The van der Waals surface area contributed by atoms with Crippen molar-refractivity contribution < 1.29 is 4.79 Å². The zero-order valence-electron chi connectivity index (χ0n) is 9.19. The summed E-state index contributed by atoms with van der Waals surface area (Å²) in [6.45, 7) is 0. The lowest BCUT2D eigenvalue weighted by Crippen LogP contribution is -2.05. The van der Waals surface area contributed by atoms with E-state index in [1.54, 1.807) is 42.5 Å². The van der Waals surface area contributed by atoms with Gasteiger partial charge < -0.3 is 5.73 Å². The molecule has 2 rings (SSSR count). The summed E-state index contributed by atoms with van der Waals surface area (Å²) in [5, 5.41) is 0.867. The highest BCUT2D eigenvalue weighted by atomic mass is 35.5. The molecule has 0 heterocycles. The topological polar surface area (TPSA) is 43.1 Å². The average Bonchev–Trinajstić information content (AvgIpc) is 2.32. The van der Waals surface area contributed by atoms with Gasteiger partial charge in [-0.15, -0.1) is 12.4 Å². The first-order valence-corrected chi connectivity index (χ1v) is 5.69. The first-order chi connectivity index (χ1) is 8.09. The highest BCUT2D eigenvalue weighted by molar-refractivity contribution is 6.35. The molecular formula is C13H10Cl3NO. The van der Waals surface area contributed by atoms with E-state index in [4.69, 9.17) is 28.9 Å². The van der Waals surface area contributed by atoms with Crippen molar-refractivity contribution in [2.45, 2.75) is 0 Å². The van der Waals surface area contributed by atoms with Crippen molar-refractivity contribution in [3.05, 3.63) is 63.6 Å². The Morgan fingerprint density at radius 1 is 1.00 bits per heavy atom. The van der Waals surface area contributed by atoms with Crippen LogP contribution >= 0.6 is 35.6 Å². The van der Waals surface area contributed by atoms with Crippen LogP contribution in [-0.4, -0.2) is 5.78 Å². The van der Waals surface area contributed by atoms with Gasteiger partial charge in [0.1, 0.15) is 0 Å². The van der Waals surface area contributed by atoms with Gasteiger partial charge in [0.25, 0.3) is 0 Å². The largest absolute Gasteiger partial charge is 0.398 e. The molecule has 0 aliphatic carbocycles. The zero-order valence-corrected chi connectivity index (χ0v) is 11.5. The average molecular weight is 303 g/mol. The molecule has 0 saturated heterocycles. The second-order valence-corrected chi connectivity index (χ2v) is 4.38. The number of hydrogen-bond donors (Lipinski definition) is 1. The molecule has 2 N–H and O–H groups in total. The third kappa shape index (κ3) is 2.96. The summed E-state index contributed by atoms with van der Waals surface area (Å²) < 4.78 is 0. The molecule has 0 aromatic heterocycles. The van der Waals surface area contributed by atoms with Crippen molar-refractivity contribution >= 4 is 47.1 Å². The van der Waals surface area contributed by atoms with Gasteiger partial charge in [0.15, 0.2) is 5.78 Å². The normalized spacial score (nSPS) is 9.67. The Hall–Kier alpha value is -1.22. The Morgan fingerprint density at radius 2 is 1.67 bits per heavy atom. The van der Waals surface area contributed by atoms with Crippen molar-refractivity contribution in [3.63, 3.8) is 0 Å². The summed E-state index contributed by atoms with van der Waals surface area (Å²) >= 11 is 11.8. The van der Waals surface area contributed by atoms with E-state index in [0.29, 0.717) is 26.9 Å². The van der Waals surface area contributed by atoms with Crippen LogP contribution in [0.25, 0.3) is 0 Å². The van der Waals surface area contributed by atoms with Gasteiger partial charge in [0.05, 0.1) is 5.02 Å². The van der Waals surface area contributed by atoms with Gasteiger partial charge in [0, 0.05) is 21.8 Å². The highest BCUT2D eigenvalue weighted by Gasteiger charge is 2.15. The molecule has 5 heteroatoms. The third-order valence-electron chi connectivity index (χ3n) is 2.38. The van der Waals surface area contributed by atoms with E-state index < -0.39 is 0 Å². The standard InChI is InChI=1S/C13H9Cl2NO.ClH/c14-8-5-6-12(16)10(7-8)13(17)9-3-1-2-4-11(9)15;/h1-7H,16H2;1H. The van der Waals surface area contributed by atoms with Crippen LogP contribution in [0.2, 0.25) is 10.0 Å². The molecule has 0 amide bonds. The maximum atomic E-state index is 12.2. The van der Waals surface area contributed by atoms with E-state index in [9.17, 15) is 4.79 Å². The Balaban J connectivity index is 0.00000162. The van der Waals surface area contributed by atoms with E-state index in [-0.39, 0.29) is 18.2 Å². The van der Waals surface area contributed by atoms with Crippen molar-refractivity contribution in [1.29, 1.82) is 0 Å². The van der Waals surface area contributed by atoms with Crippen LogP contribution in [0.15, 0.2) is 42.5 Å². The van der Waals surface area contributed by atoms with Crippen LogP contribution < -0.4 is 5.73 Å². The number of hydrogen-bond acceptors (Lipinski definition) is 2. The van der Waals surface area contributed by atoms with Crippen LogP contribution in [0, 0.1) is 0 Å². The molecule has 0 atom stereocenters. The maximum absolute atomic E-state index is 12.2. The summed E-state index contributed by atoms with van der Waals surface area (Å²) in [5.74, 6) is -0.226. The molecule has 0 radical (unpaired) electrons. The number of benzene rings is 2.